The Morgan fingerprint density at radius 2 is 0.442 bits per heavy atom. The van der Waals surface area contributed by atoms with E-state index >= 15 is 0 Å². The van der Waals surface area contributed by atoms with E-state index in [-0.39, 0.29) is 13.4 Å². The van der Waals surface area contributed by atoms with Crippen LogP contribution in [0.1, 0.15) is 0 Å². The molecule has 20 aromatic carbocycles. The SMILES string of the molecule is c1ccc(-c2c3ccccc3c(-c3cccc(N4c5ccccc5B5c6cc7c(cc6N(c6c8ccccc8c(-c8ccccc8)c8ccccc68)c6cc(N(c8ccccc8)c8ccccc8)cc4c65)N(c4ccccc4)c4cc(N(c5ccccc5)c5ccccc5)cc5c4B7c4ccccc4N5c4ccccc4)c3)c3ccccc23)cc1. The van der Waals surface area contributed by atoms with Crippen molar-refractivity contribution in [2.45, 2.75) is 0 Å². The van der Waals surface area contributed by atoms with Gasteiger partial charge in [0.1, 0.15) is 0 Å². The molecule has 0 bridgehead atoms. The Bertz CT molecular complexity index is 7250. The van der Waals surface area contributed by atoms with Gasteiger partial charge in [0.2, 0.25) is 0 Å². The van der Waals surface area contributed by atoms with Crippen LogP contribution in [0.5, 0.6) is 0 Å². The van der Waals surface area contributed by atoms with Gasteiger partial charge >= 0.3 is 0 Å². The molecule has 0 spiro atoms. The van der Waals surface area contributed by atoms with Gasteiger partial charge in [0.05, 0.1) is 17.1 Å². The second-order valence-corrected chi connectivity index (χ2v) is 31.7. The Morgan fingerprint density at radius 1 is 0.167 bits per heavy atom. The normalized spacial score (nSPS) is 12.7. The molecule has 4 aliphatic heterocycles. The number of fused-ring (bicyclic) bond motifs is 12. The predicted octanol–water partition coefficient (Wildman–Crippen LogP) is 26.4. The highest BCUT2D eigenvalue weighted by Crippen LogP contribution is 2.56. The van der Waals surface area contributed by atoms with E-state index in [0.29, 0.717) is 0 Å². The number of nitrogens with zero attached hydrogens (tertiary/aromatic N) is 6. The van der Waals surface area contributed by atoms with Gasteiger partial charge in [-0.3, -0.25) is 0 Å². The van der Waals surface area contributed by atoms with Crippen LogP contribution in [0.25, 0.3) is 76.5 Å². The maximum absolute atomic E-state index is 2.73. The van der Waals surface area contributed by atoms with E-state index in [2.05, 4.69) is 478 Å². The first kappa shape index (κ1) is 68.7. The average Bonchev–Trinajstić information content (AvgIpc) is 0.677. The van der Waals surface area contributed by atoms with E-state index in [4.69, 9.17) is 0 Å². The van der Waals surface area contributed by atoms with Crippen molar-refractivity contribution in [3.05, 3.63) is 449 Å². The fourth-order valence-corrected chi connectivity index (χ4v) is 20.5. The van der Waals surface area contributed by atoms with Crippen LogP contribution in [-0.2, 0) is 0 Å². The molecule has 0 amide bonds. The average molecular weight is 1530 g/mol. The zero-order valence-electron chi connectivity index (χ0n) is 65.6. The van der Waals surface area contributed by atoms with Gasteiger partial charge in [-0.15, -0.1) is 0 Å². The summed E-state index contributed by atoms with van der Waals surface area (Å²) < 4.78 is 0. The quantitative estimate of drug-likeness (QED) is 0.0840. The molecule has 4 heterocycles. The van der Waals surface area contributed by atoms with Gasteiger partial charge in [-0.2, -0.15) is 0 Å². The maximum Gasteiger partial charge on any atom is 0.252 e. The highest BCUT2D eigenvalue weighted by Gasteiger charge is 2.50. The Balaban J connectivity index is 0.841. The van der Waals surface area contributed by atoms with Crippen molar-refractivity contribution in [2.75, 3.05) is 29.4 Å². The van der Waals surface area contributed by atoms with E-state index in [0.717, 1.165) is 119 Å². The van der Waals surface area contributed by atoms with Crippen molar-refractivity contribution in [3.63, 3.8) is 0 Å². The molecule has 0 aromatic heterocycles. The second kappa shape index (κ2) is 28.1. The summed E-state index contributed by atoms with van der Waals surface area (Å²) in [6.07, 6.45) is 0. The lowest BCUT2D eigenvalue weighted by molar-refractivity contribution is 1.22. The minimum Gasteiger partial charge on any atom is -0.311 e. The summed E-state index contributed by atoms with van der Waals surface area (Å²) in [5.74, 6) is 0. The molecule has 558 valence electrons. The van der Waals surface area contributed by atoms with E-state index in [1.54, 1.807) is 0 Å². The van der Waals surface area contributed by atoms with Gasteiger partial charge in [0, 0.05) is 96.1 Å². The monoisotopic (exact) mass is 1520 g/mol. The standard InChI is InChI=1S/C112H74B2N6/c1-9-38-75(39-10-1)107-87-56-25-27-58-89(87)109(90-59-28-26-57-88(90)107)77-42-37-55-84(68-77)119-100-67-36-34-65-96(100)114-98-73-97-101(118(83-53-23-8-24-54-83)104-70-85(115(78-43-13-3-14-44-78)79-45-15-4-16-46-79)69-103-110(104)113(97)95-64-33-35-66-99(95)117(103)82-51-21-7-22-52-82)74-102(98)120(106-72-86(71-105(119)111(106)114)116(80-47-17-5-18-48-80)81-49-19-6-20-50-81)112-93-62-31-29-60-91(93)108(76-40-11-2-12-41-76)92-61-30-32-63-94(92)112/h1-74H. The van der Waals surface area contributed by atoms with Gasteiger partial charge in [-0.05, 0) is 226 Å². The molecule has 0 saturated carbocycles. The summed E-state index contributed by atoms with van der Waals surface area (Å²) in [4.78, 5) is 15.4. The molecule has 0 unspecified atom stereocenters. The smallest absolute Gasteiger partial charge is 0.252 e. The Hall–Kier alpha value is -15.6. The number of hydrogen-bond donors (Lipinski definition) is 0. The molecule has 24 rings (SSSR count). The summed E-state index contributed by atoms with van der Waals surface area (Å²) >= 11 is 0. The largest absolute Gasteiger partial charge is 0.311 e. The van der Waals surface area contributed by atoms with Crippen LogP contribution in [0.15, 0.2) is 449 Å². The molecule has 0 fully saturated rings. The molecular formula is C112H74B2N6. The van der Waals surface area contributed by atoms with Gasteiger partial charge in [-0.1, -0.05) is 322 Å². The van der Waals surface area contributed by atoms with Crippen molar-refractivity contribution in [3.8, 4) is 33.4 Å². The van der Waals surface area contributed by atoms with Crippen molar-refractivity contribution < 1.29 is 0 Å². The first-order valence-electron chi connectivity index (χ1n) is 41.5. The maximum atomic E-state index is 2.73. The zero-order chi connectivity index (χ0) is 78.9. The lowest BCUT2D eigenvalue weighted by Crippen LogP contribution is -2.65. The molecular weight excluding hydrogens is 1450 g/mol. The van der Waals surface area contributed by atoms with Gasteiger partial charge in [0.15, 0.2) is 0 Å². The van der Waals surface area contributed by atoms with E-state index in [1.165, 1.54) is 92.9 Å². The summed E-state index contributed by atoms with van der Waals surface area (Å²) in [6.45, 7) is -0.556. The van der Waals surface area contributed by atoms with Gasteiger partial charge in [0.25, 0.3) is 13.4 Å². The molecule has 0 aliphatic carbocycles. The van der Waals surface area contributed by atoms with Crippen LogP contribution in [0.4, 0.5) is 102 Å². The third-order valence-corrected chi connectivity index (χ3v) is 25.2. The Morgan fingerprint density at radius 3 is 0.833 bits per heavy atom. The predicted molar refractivity (Wildman–Crippen MR) is 510 cm³/mol. The van der Waals surface area contributed by atoms with Crippen LogP contribution in [0, 0.1) is 0 Å². The number of hydrogen-bond acceptors (Lipinski definition) is 6. The van der Waals surface area contributed by atoms with Crippen molar-refractivity contribution in [1.82, 2.24) is 0 Å². The number of anilines is 18. The highest BCUT2D eigenvalue weighted by molar-refractivity contribution is 7.03. The first-order valence-corrected chi connectivity index (χ1v) is 41.5. The van der Waals surface area contributed by atoms with Crippen LogP contribution >= 0.6 is 0 Å². The summed E-state index contributed by atoms with van der Waals surface area (Å²) in [7, 11) is 0. The molecule has 4 aliphatic rings. The summed E-state index contributed by atoms with van der Waals surface area (Å²) in [6, 6.07) is 168. The lowest BCUT2D eigenvalue weighted by Gasteiger charge is -2.48. The Labute approximate surface area is 698 Å². The minimum atomic E-state index is -0.309. The number of rotatable bonds is 13. The number of para-hydroxylation sites is 8. The van der Waals surface area contributed by atoms with Crippen LogP contribution in [0.2, 0.25) is 0 Å². The molecule has 0 radical (unpaired) electrons. The third kappa shape index (κ3) is 10.8. The number of benzene rings is 20. The minimum absolute atomic E-state index is 0.247. The zero-order valence-corrected chi connectivity index (χ0v) is 65.6. The van der Waals surface area contributed by atoms with E-state index in [1.807, 2.05) is 0 Å². The highest BCUT2D eigenvalue weighted by atomic mass is 15.2. The molecule has 8 heteroatoms. The molecule has 0 saturated heterocycles. The van der Waals surface area contributed by atoms with Crippen LogP contribution < -0.4 is 62.2 Å². The lowest BCUT2D eigenvalue weighted by atomic mass is 9.30. The third-order valence-electron chi connectivity index (χ3n) is 25.2. The molecule has 20 aromatic rings. The molecule has 0 atom stereocenters. The summed E-state index contributed by atoms with van der Waals surface area (Å²) in [5.41, 5.74) is 33.9. The van der Waals surface area contributed by atoms with Gasteiger partial charge in [-0.25, -0.2) is 0 Å². The topological polar surface area (TPSA) is 19.4 Å². The van der Waals surface area contributed by atoms with Gasteiger partial charge < -0.3 is 29.4 Å². The molecule has 0 N–H and O–H groups in total. The summed E-state index contributed by atoms with van der Waals surface area (Å²) in [5, 5.41) is 9.46. The Kier molecular flexibility index (Phi) is 16.1. The first-order chi connectivity index (χ1) is 59.6. The molecule has 6 nitrogen and oxygen atoms in total. The second-order valence-electron chi connectivity index (χ2n) is 31.7. The fraction of sp³-hybridized carbons (Fsp3) is 0. The fourth-order valence-electron chi connectivity index (χ4n) is 20.5. The van der Waals surface area contributed by atoms with Crippen molar-refractivity contribution >= 4 is 192 Å². The molecule has 120 heavy (non-hydrogen) atoms. The van der Waals surface area contributed by atoms with Crippen molar-refractivity contribution in [2.24, 2.45) is 0 Å². The van der Waals surface area contributed by atoms with Crippen molar-refractivity contribution in [1.29, 1.82) is 0 Å². The van der Waals surface area contributed by atoms with Crippen LogP contribution in [-0.4, -0.2) is 13.4 Å². The van der Waals surface area contributed by atoms with E-state index < -0.39 is 0 Å². The van der Waals surface area contributed by atoms with E-state index in [9.17, 15) is 0 Å². The van der Waals surface area contributed by atoms with Crippen LogP contribution in [0.3, 0.4) is 0 Å².